The number of carbonyl (C=O) groups is 1. The molecule has 5 nitrogen and oxygen atoms in total. The minimum Gasteiger partial charge on any atom is -0.342 e. The van der Waals surface area contributed by atoms with Crippen molar-refractivity contribution in [1.82, 2.24) is 9.21 Å². The molecule has 0 aromatic heterocycles. The van der Waals surface area contributed by atoms with Gasteiger partial charge in [0, 0.05) is 26.2 Å². The maximum atomic E-state index is 12.8. The highest BCUT2D eigenvalue weighted by Gasteiger charge is 2.50. The molecule has 0 unspecified atom stereocenters. The van der Waals surface area contributed by atoms with Gasteiger partial charge in [-0.3, -0.25) is 4.79 Å². The molecule has 1 spiro atoms. The Morgan fingerprint density at radius 3 is 2.52 bits per heavy atom. The zero-order chi connectivity index (χ0) is 16.5. The van der Waals surface area contributed by atoms with Crippen LogP contribution in [0.4, 0.5) is 0 Å². The first-order valence-corrected chi connectivity index (χ1v) is 9.89. The molecule has 1 amide bonds. The van der Waals surface area contributed by atoms with Gasteiger partial charge in [-0.15, -0.1) is 0 Å². The van der Waals surface area contributed by atoms with Gasteiger partial charge in [-0.2, -0.15) is 0 Å². The quantitative estimate of drug-likeness (QED) is 0.843. The lowest BCUT2D eigenvalue weighted by Gasteiger charge is -2.38. The molecule has 23 heavy (non-hydrogen) atoms. The van der Waals surface area contributed by atoms with E-state index in [1.165, 1.54) is 0 Å². The van der Waals surface area contributed by atoms with Crippen molar-refractivity contribution in [3.8, 4) is 0 Å². The van der Waals surface area contributed by atoms with Gasteiger partial charge in [0.15, 0.2) is 0 Å². The summed E-state index contributed by atoms with van der Waals surface area (Å²) in [5.41, 5.74) is 0.304. The van der Waals surface area contributed by atoms with Crippen molar-refractivity contribution in [2.75, 3.05) is 26.2 Å². The normalized spacial score (nSPS) is 26.1. The van der Waals surface area contributed by atoms with Crippen LogP contribution in [0.5, 0.6) is 0 Å². The number of sulfonamides is 1. The van der Waals surface area contributed by atoms with Gasteiger partial charge in [0.2, 0.25) is 15.9 Å². The highest BCUT2D eigenvalue weighted by atomic mass is 32.2. The first-order valence-electron chi connectivity index (χ1n) is 8.28. The summed E-state index contributed by atoms with van der Waals surface area (Å²) in [5, 5.41) is 0. The molecule has 6 heteroatoms. The number of benzene rings is 1. The van der Waals surface area contributed by atoms with Crippen molar-refractivity contribution in [3.63, 3.8) is 0 Å². The zero-order valence-electron chi connectivity index (χ0n) is 13.6. The fraction of sp³-hybridized carbons (Fsp3) is 0.588. The zero-order valence-corrected chi connectivity index (χ0v) is 14.4. The molecule has 0 saturated carbocycles. The topological polar surface area (TPSA) is 57.7 Å². The number of piperidine rings is 1. The van der Waals surface area contributed by atoms with Crippen LogP contribution in [0.1, 0.15) is 31.7 Å². The average molecular weight is 336 g/mol. The Morgan fingerprint density at radius 2 is 1.87 bits per heavy atom. The molecule has 126 valence electrons. The van der Waals surface area contributed by atoms with E-state index in [0.29, 0.717) is 19.6 Å². The first kappa shape index (κ1) is 16.5. The molecule has 0 radical (unpaired) electrons. The van der Waals surface area contributed by atoms with Crippen molar-refractivity contribution in [2.24, 2.45) is 5.41 Å². The van der Waals surface area contributed by atoms with Crippen molar-refractivity contribution >= 4 is 15.9 Å². The Labute approximate surface area is 138 Å². The standard InChI is InChI=1S/C17H24N2O3S/c1-2-18-12-10-17(16(18)20)9-6-11-19(14-17)23(21,22)13-15-7-4-3-5-8-15/h3-5,7-8H,2,6,9-14H2,1H3/t17-/m1/s1. The summed E-state index contributed by atoms with van der Waals surface area (Å²) >= 11 is 0. The molecule has 0 aliphatic carbocycles. The third kappa shape index (κ3) is 3.15. The fourth-order valence-corrected chi connectivity index (χ4v) is 5.42. The summed E-state index contributed by atoms with van der Waals surface area (Å²) in [6.07, 6.45) is 2.34. The molecule has 2 heterocycles. The fourth-order valence-electron chi connectivity index (χ4n) is 3.78. The summed E-state index contributed by atoms with van der Waals surface area (Å²) < 4.78 is 27.0. The molecular weight excluding hydrogens is 312 g/mol. The van der Waals surface area contributed by atoms with E-state index in [4.69, 9.17) is 0 Å². The van der Waals surface area contributed by atoms with Gasteiger partial charge >= 0.3 is 0 Å². The van der Waals surface area contributed by atoms with Crippen LogP contribution >= 0.6 is 0 Å². The predicted octanol–water partition coefficient (Wildman–Crippen LogP) is 1.85. The molecule has 1 aromatic rings. The minimum absolute atomic E-state index is 0.00953. The summed E-state index contributed by atoms with van der Waals surface area (Å²) in [6, 6.07) is 9.24. The lowest BCUT2D eigenvalue weighted by Crippen LogP contribution is -2.50. The lowest BCUT2D eigenvalue weighted by molar-refractivity contribution is -0.137. The average Bonchev–Trinajstić information content (AvgIpc) is 2.84. The monoisotopic (exact) mass is 336 g/mol. The van der Waals surface area contributed by atoms with Gasteiger partial charge in [0.25, 0.3) is 0 Å². The van der Waals surface area contributed by atoms with Crippen LogP contribution in [0.15, 0.2) is 30.3 Å². The van der Waals surface area contributed by atoms with E-state index >= 15 is 0 Å². The number of likely N-dealkylation sites (tertiary alicyclic amines) is 1. The van der Waals surface area contributed by atoms with Gasteiger partial charge in [0.05, 0.1) is 11.2 Å². The molecule has 2 aliphatic heterocycles. The maximum Gasteiger partial charge on any atom is 0.230 e. The van der Waals surface area contributed by atoms with E-state index < -0.39 is 15.4 Å². The largest absolute Gasteiger partial charge is 0.342 e. The molecule has 0 bridgehead atoms. The number of rotatable bonds is 4. The third-order valence-electron chi connectivity index (χ3n) is 5.11. The number of nitrogens with zero attached hydrogens (tertiary/aromatic N) is 2. The van der Waals surface area contributed by atoms with Gasteiger partial charge in [-0.05, 0) is 31.7 Å². The van der Waals surface area contributed by atoms with Crippen LogP contribution in [0.2, 0.25) is 0 Å². The van der Waals surface area contributed by atoms with Crippen LogP contribution in [0.25, 0.3) is 0 Å². The predicted molar refractivity (Wildman–Crippen MR) is 89.2 cm³/mol. The second-order valence-corrected chi connectivity index (χ2v) is 8.56. The molecular formula is C17H24N2O3S. The number of hydrogen-bond acceptors (Lipinski definition) is 3. The molecule has 2 saturated heterocycles. The smallest absolute Gasteiger partial charge is 0.230 e. The molecule has 3 rings (SSSR count). The summed E-state index contributed by atoms with van der Waals surface area (Å²) in [4.78, 5) is 14.5. The van der Waals surface area contributed by atoms with Gasteiger partial charge in [0.1, 0.15) is 0 Å². The van der Waals surface area contributed by atoms with E-state index in [-0.39, 0.29) is 11.7 Å². The Balaban J connectivity index is 1.77. The minimum atomic E-state index is -3.38. The van der Waals surface area contributed by atoms with E-state index in [2.05, 4.69) is 0 Å². The highest BCUT2D eigenvalue weighted by molar-refractivity contribution is 7.88. The van der Waals surface area contributed by atoms with Crippen LogP contribution in [0, 0.1) is 5.41 Å². The molecule has 2 fully saturated rings. The Morgan fingerprint density at radius 1 is 1.13 bits per heavy atom. The number of hydrogen-bond donors (Lipinski definition) is 0. The first-order chi connectivity index (χ1) is 11.0. The van der Waals surface area contributed by atoms with Gasteiger partial charge in [-0.1, -0.05) is 30.3 Å². The van der Waals surface area contributed by atoms with Gasteiger partial charge in [-0.25, -0.2) is 12.7 Å². The van der Waals surface area contributed by atoms with E-state index in [1.54, 1.807) is 4.31 Å². The maximum absolute atomic E-state index is 12.8. The highest BCUT2D eigenvalue weighted by Crippen LogP contribution is 2.41. The van der Waals surface area contributed by atoms with E-state index in [0.717, 1.165) is 31.4 Å². The van der Waals surface area contributed by atoms with Crippen molar-refractivity contribution in [2.45, 2.75) is 31.9 Å². The second kappa shape index (κ2) is 6.24. The molecule has 1 atom stereocenters. The Kier molecular flexibility index (Phi) is 4.47. The lowest BCUT2D eigenvalue weighted by atomic mass is 9.79. The third-order valence-corrected chi connectivity index (χ3v) is 6.91. The molecule has 1 aromatic carbocycles. The van der Waals surface area contributed by atoms with Crippen LogP contribution in [0.3, 0.4) is 0 Å². The van der Waals surface area contributed by atoms with Crippen molar-refractivity contribution < 1.29 is 13.2 Å². The summed E-state index contributed by atoms with van der Waals surface area (Å²) in [5.74, 6) is 0.148. The number of amides is 1. The van der Waals surface area contributed by atoms with Crippen LogP contribution in [-0.2, 0) is 20.6 Å². The number of carbonyl (C=O) groups excluding carboxylic acids is 1. The van der Waals surface area contributed by atoms with E-state index in [9.17, 15) is 13.2 Å². The Bertz CT molecular complexity index is 674. The van der Waals surface area contributed by atoms with E-state index in [1.807, 2.05) is 42.2 Å². The summed E-state index contributed by atoms with van der Waals surface area (Å²) in [7, 11) is -3.38. The van der Waals surface area contributed by atoms with Crippen LogP contribution < -0.4 is 0 Å². The SMILES string of the molecule is CCN1CC[C@@]2(CCCN(S(=O)(=O)Cc3ccccc3)C2)C1=O. The van der Waals surface area contributed by atoms with Gasteiger partial charge < -0.3 is 4.90 Å². The van der Waals surface area contributed by atoms with Crippen molar-refractivity contribution in [3.05, 3.63) is 35.9 Å². The molecule has 2 aliphatic rings. The van der Waals surface area contributed by atoms with Crippen LogP contribution in [-0.4, -0.2) is 49.7 Å². The summed E-state index contributed by atoms with van der Waals surface area (Å²) in [6.45, 7) is 4.30. The van der Waals surface area contributed by atoms with Crippen molar-refractivity contribution in [1.29, 1.82) is 0 Å². The molecule has 0 N–H and O–H groups in total. The second-order valence-electron chi connectivity index (χ2n) is 6.59. The Hall–Kier alpha value is -1.40.